The molecule has 5 heteroatoms. The van der Waals surface area contributed by atoms with Crippen LogP contribution in [-0.4, -0.2) is 22.1 Å². The second kappa shape index (κ2) is 11.3. The third kappa shape index (κ3) is 5.37. The fourth-order valence-electron chi connectivity index (χ4n) is 6.37. The summed E-state index contributed by atoms with van der Waals surface area (Å²) in [6, 6.07) is 40.9. The van der Waals surface area contributed by atoms with Crippen molar-refractivity contribution in [2.75, 3.05) is 0 Å². The second-order valence-corrected chi connectivity index (χ2v) is 15.4. The van der Waals surface area contributed by atoms with Gasteiger partial charge in [0.25, 0.3) is 0 Å². The maximum atomic E-state index is 13.1. The molecular formula is C35H38NO3P+. The summed E-state index contributed by atoms with van der Waals surface area (Å²) >= 11 is 0. The monoisotopic (exact) mass is 551 g/mol. The lowest BCUT2D eigenvalue weighted by Gasteiger charge is -2.49. The van der Waals surface area contributed by atoms with Crippen molar-refractivity contribution in [3.63, 3.8) is 0 Å². The second-order valence-electron chi connectivity index (χ2n) is 12.0. The Balaban J connectivity index is 1.45. The lowest BCUT2D eigenvalue weighted by molar-refractivity contribution is -0.293. The van der Waals surface area contributed by atoms with Crippen LogP contribution in [0, 0.1) is 5.92 Å². The first-order valence-corrected chi connectivity index (χ1v) is 15.7. The molecule has 0 N–H and O–H groups in total. The molecule has 1 heterocycles. The Hall–Kier alpha value is -3.30. The van der Waals surface area contributed by atoms with Crippen LogP contribution in [0.5, 0.6) is 0 Å². The van der Waals surface area contributed by atoms with Crippen LogP contribution in [0.4, 0.5) is 0 Å². The number of carbonyl (C=O) groups is 1. The number of piperidine rings is 1. The van der Waals surface area contributed by atoms with Gasteiger partial charge in [0.2, 0.25) is 0 Å². The Kier molecular flexibility index (Phi) is 7.97. The number of ether oxygens (including phenoxy) is 1. The Labute approximate surface area is 238 Å². The molecule has 1 radical (unpaired) electrons. The van der Waals surface area contributed by atoms with E-state index in [-0.39, 0.29) is 18.5 Å². The van der Waals surface area contributed by atoms with Crippen molar-refractivity contribution in [2.24, 2.45) is 5.92 Å². The summed E-state index contributed by atoms with van der Waals surface area (Å²) in [6.45, 7) is 7.83. The molecule has 4 aromatic carbocycles. The molecule has 0 unspecified atom stereocenters. The smallest absolute Gasteiger partial charge is 0.309 e. The van der Waals surface area contributed by atoms with Crippen molar-refractivity contribution < 1.29 is 14.7 Å². The molecule has 0 aromatic heterocycles. The Bertz CT molecular complexity index is 1310. The molecular weight excluding hydrogens is 513 g/mol. The third-order valence-electron chi connectivity index (χ3n) is 8.06. The average Bonchev–Trinajstić information content (AvgIpc) is 2.97. The SMILES string of the molecule is CC1(C)CC(C(=O)OCc2ccc([P+](c3ccccc3)(c3ccccc3)c3ccccc3)cc2)CC(C)(C)N1[O]. The number of rotatable bonds is 7. The molecule has 1 saturated heterocycles. The highest BCUT2D eigenvalue weighted by molar-refractivity contribution is 8.01. The molecule has 0 saturated carbocycles. The summed E-state index contributed by atoms with van der Waals surface area (Å²) < 4.78 is 5.82. The summed E-state index contributed by atoms with van der Waals surface area (Å²) in [7, 11) is -2.16. The van der Waals surface area contributed by atoms with Crippen LogP contribution in [0.1, 0.15) is 46.1 Å². The first-order chi connectivity index (χ1) is 19.1. The van der Waals surface area contributed by atoms with E-state index in [0.717, 1.165) is 10.6 Å². The molecule has 4 aromatic rings. The first-order valence-electron chi connectivity index (χ1n) is 13.9. The van der Waals surface area contributed by atoms with Crippen molar-refractivity contribution >= 4 is 34.4 Å². The van der Waals surface area contributed by atoms with Gasteiger partial charge in [-0.15, -0.1) is 10.3 Å². The lowest BCUT2D eigenvalue weighted by atomic mass is 9.75. The molecule has 5 rings (SSSR count). The zero-order valence-corrected chi connectivity index (χ0v) is 24.7. The fraction of sp³-hybridized carbons (Fsp3) is 0.286. The maximum absolute atomic E-state index is 13.1. The highest BCUT2D eigenvalue weighted by Gasteiger charge is 2.49. The van der Waals surface area contributed by atoms with Crippen molar-refractivity contribution in [3.8, 4) is 0 Å². The zero-order chi connectivity index (χ0) is 28.4. The number of hydroxylamine groups is 2. The molecule has 1 aliphatic heterocycles. The van der Waals surface area contributed by atoms with E-state index in [1.54, 1.807) is 0 Å². The Morgan fingerprint density at radius 1 is 0.675 bits per heavy atom. The third-order valence-corrected chi connectivity index (χ3v) is 12.4. The minimum absolute atomic E-state index is 0.213. The van der Waals surface area contributed by atoms with E-state index in [0.29, 0.717) is 12.8 Å². The van der Waals surface area contributed by atoms with Crippen molar-refractivity contribution in [3.05, 3.63) is 121 Å². The number of hydrogen-bond donors (Lipinski definition) is 0. The quantitative estimate of drug-likeness (QED) is 0.210. The molecule has 40 heavy (non-hydrogen) atoms. The van der Waals surface area contributed by atoms with Crippen LogP contribution in [0.2, 0.25) is 0 Å². The molecule has 1 aliphatic rings. The normalized spacial score (nSPS) is 17.3. The molecule has 0 spiro atoms. The predicted molar refractivity (Wildman–Crippen MR) is 164 cm³/mol. The summed E-state index contributed by atoms with van der Waals surface area (Å²) in [4.78, 5) is 13.1. The van der Waals surface area contributed by atoms with Crippen LogP contribution < -0.4 is 21.2 Å². The predicted octanol–water partition coefficient (Wildman–Crippen LogP) is 5.96. The van der Waals surface area contributed by atoms with Gasteiger partial charge in [-0.2, -0.15) is 0 Å². The van der Waals surface area contributed by atoms with Crippen LogP contribution in [-0.2, 0) is 21.3 Å². The molecule has 0 amide bonds. The zero-order valence-electron chi connectivity index (χ0n) is 23.8. The van der Waals surface area contributed by atoms with Crippen LogP contribution in [0.15, 0.2) is 115 Å². The van der Waals surface area contributed by atoms with Gasteiger partial charge >= 0.3 is 5.97 Å². The Morgan fingerprint density at radius 3 is 1.45 bits per heavy atom. The minimum atomic E-state index is -2.16. The van der Waals surface area contributed by atoms with Crippen molar-refractivity contribution in [1.82, 2.24) is 5.06 Å². The van der Waals surface area contributed by atoms with Crippen LogP contribution in [0.3, 0.4) is 0 Å². The fourth-order valence-corrected chi connectivity index (χ4v) is 10.6. The van der Waals surface area contributed by atoms with Gasteiger partial charge in [-0.1, -0.05) is 66.7 Å². The van der Waals surface area contributed by atoms with Gasteiger partial charge in [0.05, 0.1) is 5.92 Å². The minimum Gasteiger partial charge on any atom is -0.461 e. The van der Waals surface area contributed by atoms with E-state index in [9.17, 15) is 10.0 Å². The molecule has 0 bridgehead atoms. The summed E-state index contributed by atoms with van der Waals surface area (Å²) in [5, 5.41) is 19.0. The van der Waals surface area contributed by atoms with Gasteiger partial charge in [-0.05, 0) is 94.6 Å². The number of esters is 1. The van der Waals surface area contributed by atoms with Crippen LogP contribution >= 0.6 is 7.26 Å². The average molecular weight is 552 g/mol. The van der Waals surface area contributed by atoms with Gasteiger partial charge in [0.15, 0.2) is 0 Å². The number of hydrogen-bond acceptors (Lipinski definition) is 3. The van der Waals surface area contributed by atoms with Crippen LogP contribution in [0.25, 0.3) is 0 Å². The van der Waals surface area contributed by atoms with E-state index in [1.807, 2.05) is 27.7 Å². The maximum Gasteiger partial charge on any atom is 0.309 e. The summed E-state index contributed by atoms with van der Waals surface area (Å²) in [6.07, 6.45) is 0.992. The van der Waals surface area contributed by atoms with Gasteiger partial charge < -0.3 is 4.74 Å². The lowest BCUT2D eigenvalue weighted by Crippen LogP contribution is -2.59. The molecule has 4 nitrogen and oxygen atoms in total. The van der Waals surface area contributed by atoms with Gasteiger partial charge in [0, 0.05) is 11.1 Å². The standard InChI is InChI=1S/C35H38NO3P/c1-34(2)24-28(25-35(3,4)36(34)38)33(37)39-26-27-20-22-32(23-21-27)40(29-14-8-5-9-15-29,30-16-10-6-11-17-30)31-18-12-7-13-19-31/h5-23,28H,24-26H2,1-4H3/q+1. The number of nitrogens with zero attached hydrogens (tertiary/aromatic N) is 1. The van der Waals surface area contributed by atoms with E-state index >= 15 is 0 Å². The van der Waals surface area contributed by atoms with E-state index in [2.05, 4.69) is 115 Å². The Morgan fingerprint density at radius 2 is 1.05 bits per heavy atom. The molecule has 0 atom stereocenters. The van der Waals surface area contributed by atoms with Gasteiger partial charge in [0.1, 0.15) is 35.1 Å². The molecule has 205 valence electrons. The summed E-state index contributed by atoms with van der Waals surface area (Å²) in [5.41, 5.74) is -0.261. The van der Waals surface area contributed by atoms with E-state index < -0.39 is 18.3 Å². The van der Waals surface area contributed by atoms with Crippen molar-refractivity contribution in [1.29, 1.82) is 0 Å². The van der Waals surface area contributed by atoms with Crippen molar-refractivity contribution in [2.45, 2.75) is 58.2 Å². The topological polar surface area (TPSA) is 49.4 Å². The first kappa shape index (κ1) is 28.2. The molecule has 1 fully saturated rings. The highest BCUT2D eigenvalue weighted by atomic mass is 31.2. The molecule has 0 aliphatic carbocycles. The van der Waals surface area contributed by atoms with Gasteiger partial charge in [-0.25, -0.2) is 0 Å². The highest BCUT2D eigenvalue weighted by Crippen LogP contribution is 2.54. The largest absolute Gasteiger partial charge is 0.461 e. The summed E-state index contributed by atoms with van der Waals surface area (Å²) in [5.74, 6) is -0.514. The number of carbonyl (C=O) groups excluding carboxylic acids is 1. The number of benzene rings is 4. The van der Waals surface area contributed by atoms with E-state index in [4.69, 9.17) is 4.74 Å². The van der Waals surface area contributed by atoms with Gasteiger partial charge in [-0.3, -0.25) is 4.79 Å². The van der Waals surface area contributed by atoms with E-state index in [1.165, 1.54) is 21.2 Å².